The topological polar surface area (TPSA) is 62.5 Å². The zero-order valence-corrected chi connectivity index (χ0v) is 22.0. The van der Waals surface area contributed by atoms with Crippen molar-refractivity contribution < 1.29 is 13.2 Å². The first-order chi connectivity index (χ1) is 18.8. The summed E-state index contributed by atoms with van der Waals surface area (Å²) in [4.78, 5) is 17.6. The zero-order chi connectivity index (χ0) is 27.4. The molecule has 0 radical (unpaired) electrons. The van der Waals surface area contributed by atoms with Crippen molar-refractivity contribution in [3.05, 3.63) is 77.2 Å². The molecule has 2 aliphatic heterocycles. The summed E-state index contributed by atoms with van der Waals surface area (Å²) in [5, 5.41) is 9.70. The first-order valence-electron chi connectivity index (χ1n) is 13.2. The third kappa shape index (κ3) is 6.56. The lowest BCUT2D eigenvalue weighted by atomic mass is 10.00. The van der Waals surface area contributed by atoms with Crippen LogP contribution in [0.3, 0.4) is 0 Å². The zero-order valence-electron chi connectivity index (χ0n) is 22.0. The Morgan fingerprint density at radius 2 is 1.54 bits per heavy atom. The van der Waals surface area contributed by atoms with E-state index in [0.717, 1.165) is 75.2 Å². The smallest absolute Gasteiger partial charge is 0.369 e. The molecule has 10 heteroatoms. The van der Waals surface area contributed by atoms with Crippen LogP contribution < -0.4 is 4.90 Å². The van der Waals surface area contributed by atoms with Crippen LogP contribution in [0, 0.1) is 11.3 Å². The molecular weight excluding hydrogens is 503 g/mol. The number of hydrogen-bond donors (Lipinski definition) is 0. The van der Waals surface area contributed by atoms with Gasteiger partial charge in [0.15, 0.2) is 0 Å². The van der Waals surface area contributed by atoms with E-state index in [-0.39, 0.29) is 0 Å². The predicted molar refractivity (Wildman–Crippen MR) is 144 cm³/mol. The predicted octanol–water partition coefficient (Wildman–Crippen LogP) is 4.10. The van der Waals surface area contributed by atoms with E-state index >= 15 is 0 Å². The third-order valence-corrected chi connectivity index (χ3v) is 7.61. The number of piperazine rings is 2. The van der Waals surface area contributed by atoms with Gasteiger partial charge >= 0.3 is 6.18 Å². The molecule has 0 unspecified atom stereocenters. The molecular formula is C29H32F3N7. The highest BCUT2D eigenvalue weighted by molar-refractivity contribution is 5.64. The van der Waals surface area contributed by atoms with Gasteiger partial charge in [0.05, 0.1) is 29.1 Å². The van der Waals surface area contributed by atoms with E-state index in [1.54, 1.807) is 6.07 Å². The van der Waals surface area contributed by atoms with Crippen LogP contribution in [0.2, 0.25) is 0 Å². The van der Waals surface area contributed by atoms with Gasteiger partial charge in [-0.3, -0.25) is 19.8 Å². The molecule has 2 saturated heterocycles. The number of rotatable bonds is 6. The second-order valence-electron chi connectivity index (χ2n) is 10.3. The van der Waals surface area contributed by atoms with Crippen molar-refractivity contribution in [1.82, 2.24) is 24.7 Å². The molecule has 2 aromatic carbocycles. The number of aromatic nitrogens is 2. The highest BCUT2D eigenvalue weighted by Crippen LogP contribution is 2.34. The average Bonchev–Trinajstić information content (AvgIpc) is 2.94. The van der Waals surface area contributed by atoms with Crippen molar-refractivity contribution in [3.63, 3.8) is 0 Å². The van der Waals surface area contributed by atoms with Crippen LogP contribution in [0.25, 0.3) is 11.3 Å². The van der Waals surface area contributed by atoms with E-state index in [1.807, 2.05) is 12.1 Å². The van der Waals surface area contributed by atoms with E-state index in [9.17, 15) is 18.4 Å². The van der Waals surface area contributed by atoms with Crippen molar-refractivity contribution in [3.8, 4) is 17.3 Å². The molecule has 0 bridgehead atoms. The van der Waals surface area contributed by atoms with Crippen molar-refractivity contribution >= 4 is 5.69 Å². The van der Waals surface area contributed by atoms with Gasteiger partial charge in [-0.15, -0.1) is 0 Å². The van der Waals surface area contributed by atoms with Crippen LogP contribution >= 0.6 is 0 Å². The molecule has 7 nitrogen and oxygen atoms in total. The summed E-state index contributed by atoms with van der Waals surface area (Å²) in [5.41, 5.74) is 3.90. The molecule has 204 valence electrons. The lowest BCUT2D eigenvalue weighted by molar-refractivity contribution is -0.137. The van der Waals surface area contributed by atoms with E-state index < -0.39 is 11.7 Å². The summed E-state index contributed by atoms with van der Waals surface area (Å²) in [6, 6.07) is 12.4. The minimum absolute atomic E-state index is 0.432. The fourth-order valence-electron chi connectivity index (χ4n) is 5.24. The maximum absolute atomic E-state index is 13.4. The van der Waals surface area contributed by atoms with E-state index in [2.05, 4.69) is 48.8 Å². The molecule has 2 fully saturated rings. The Labute approximate surface area is 227 Å². The van der Waals surface area contributed by atoms with Gasteiger partial charge in [0.1, 0.15) is 0 Å². The molecule has 39 heavy (non-hydrogen) atoms. The number of nitriles is 1. The number of anilines is 1. The standard InChI is InChI=1S/C29H32F3N7/c1-36-8-14-39(15-9-36)26-5-3-22(18-33)24(16-26)21-38-12-10-37(11-13-38)20-23-2-4-25(29(30,31)32)17-27(23)28-19-34-6-7-35-28/h2-7,16-17,19H,8-15,20-21H2,1H3. The Hall–Kier alpha value is -3.52. The second kappa shape index (κ2) is 11.7. The molecule has 1 aromatic heterocycles. The molecule has 0 saturated carbocycles. The molecule has 0 aliphatic carbocycles. The fourth-order valence-corrected chi connectivity index (χ4v) is 5.24. The average molecular weight is 536 g/mol. The Morgan fingerprint density at radius 3 is 2.15 bits per heavy atom. The largest absolute Gasteiger partial charge is 0.416 e. The van der Waals surface area contributed by atoms with Crippen LogP contribution in [-0.2, 0) is 19.3 Å². The van der Waals surface area contributed by atoms with Gasteiger partial charge in [-0.2, -0.15) is 18.4 Å². The summed E-state index contributed by atoms with van der Waals surface area (Å²) in [6.07, 6.45) is 0.0753. The first kappa shape index (κ1) is 27.1. The van der Waals surface area contributed by atoms with Crippen LogP contribution in [0.4, 0.5) is 18.9 Å². The van der Waals surface area contributed by atoms with Gasteiger partial charge in [0.2, 0.25) is 0 Å². The van der Waals surface area contributed by atoms with Crippen molar-refractivity contribution in [2.75, 3.05) is 64.3 Å². The van der Waals surface area contributed by atoms with E-state index in [0.29, 0.717) is 29.9 Å². The quantitative estimate of drug-likeness (QED) is 0.471. The lowest BCUT2D eigenvalue weighted by Gasteiger charge is -2.36. The molecule has 5 rings (SSSR count). The molecule has 3 aromatic rings. The Morgan fingerprint density at radius 1 is 0.846 bits per heavy atom. The van der Waals surface area contributed by atoms with Crippen LogP contribution in [0.1, 0.15) is 22.3 Å². The number of alkyl halides is 3. The Kier molecular flexibility index (Phi) is 8.12. The van der Waals surface area contributed by atoms with Gasteiger partial charge in [-0.05, 0) is 48.5 Å². The highest BCUT2D eigenvalue weighted by Gasteiger charge is 2.31. The molecule has 3 heterocycles. The number of halogens is 3. The second-order valence-corrected chi connectivity index (χ2v) is 10.3. The molecule has 2 aliphatic rings. The van der Waals surface area contributed by atoms with E-state index in [4.69, 9.17) is 0 Å². The minimum Gasteiger partial charge on any atom is -0.369 e. The van der Waals surface area contributed by atoms with Crippen LogP contribution in [-0.4, -0.2) is 84.1 Å². The fraction of sp³-hybridized carbons (Fsp3) is 0.414. The number of benzene rings is 2. The summed E-state index contributed by atoms with van der Waals surface area (Å²) >= 11 is 0. The van der Waals surface area contributed by atoms with Crippen LogP contribution in [0.5, 0.6) is 0 Å². The van der Waals surface area contributed by atoms with Gasteiger partial charge in [0, 0.05) is 89.1 Å². The summed E-state index contributed by atoms with van der Waals surface area (Å²) in [5.74, 6) is 0. The number of likely N-dealkylation sites (N-methyl/N-ethyl adjacent to an activating group) is 1. The summed E-state index contributed by atoms with van der Waals surface area (Å²) < 4.78 is 40.3. The maximum atomic E-state index is 13.4. The molecule has 0 spiro atoms. The van der Waals surface area contributed by atoms with Gasteiger partial charge < -0.3 is 9.80 Å². The van der Waals surface area contributed by atoms with Crippen molar-refractivity contribution in [2.24, 2.45) is 0 Å². The maximum Gasteiger partial charge on any atom is 0.416 e. The van der Waals surface area contributed by atoms with Gasteiger partial charge in [-0.1, -0.05) is 6.07 Å². The lowest BCUT2D eigenvalue weighted by Crippen LogP contribution is -2.45. The summed E-state index contributed by atoms with van der Waals surface area (Å²) in [6.45, 7) is 8.40. The highest BCUT2D eigenvalue weighted by atomic mass is 19.4. The monoisotopic (exact) mass is 535 g/mol. The first-order valence-corrected chi connectivity index (χ1v) is 13.2. The van der Waals surface area contributed by atoms with Crippen LogP contribution in [0.15, 0.2) is 55.0 Å². The SMILES string of the molecule is CN1CCN(c2ccc(C#N)c(CN3CCN(Cc4ccc(C(F)(F)F)cc4-c4cnccn4)CC3)c2)CC1. The van der Waals surface area contributed by atoms with Gasteiger partial charge in [0.25, 0.3) is 0 Å². The number of nitrogens with zero attached hydrogens (tertiary/aromatic N) is 7. The molecule has 0 N–H and O–H groups in total. The minimum atomic E-state index is -4.43. The van der Waals surface area contributed by atoms with Gasteiger partial charge in [-0.25, -0.2) is 0 Å². The molecule has 0 amide bonds. The van der Waals surface area contributed by atoms with Crippen molar-refractivity contribution in [1.29, 1.82) is 5.26 Å². The normalized spacial score (nSPS) is 17.8. The van der Waals surface area contributed by atoms with Crippen molar-refractivity contribution in [2.45, 2.75) is 19.3 Å². The van der Waals surface area contributed by atoms with E-state index in [1.165, 1.54) is 24.7 Å². The third-order valence-electron chi connectivity index (χ3n) is 7.61. The Balaban J connectivity index is 1.25. The Bertz CT molecular complexity index is 1310. The molecule has 0 atom stereocenters. The summed E-state index contributed by atoms with van der Waals surface area (Å²) in [7, 11) is 2.13. The number of hydrogen-bond acceptors (Lipinski definition) is 7.